The molecule has 3 rings (SSSR count). The lowest BCUT2D eigenvalue weighted by atomic mass is 10.2. The van der Waals surface area contributed by atoms with Crippen LogP contribution in [0.25, 0.3) is 6.08 Å². The van der Waals surface area contributed by atoms with E-state index >= 15 is 0 Å². The van der Waals surface area contributed by atoms with Crippen LogP contribution in [0.4, 0.5) is 5.69 Å². The number of hydrogen-bond donors (Lipinski definition) is 0. The molecular formula is C21H21N3O4. The van der Waals surface area contributed by atoms with Gasteiger partial charge in [-0.1, -0.05) is 17.7 Å². The van der Waals surface area contributed by atoms with Gasteiger partial charge < -0.3 is 13.9 Å². The topological polar surface area (TPSA) is 77.5 Å². The SMILES string of the molecule is Cc1ccc(N(Cc2ccco2)C(=O)/C=C/c2cn(C)c(=O)n(C)c2=O)cc1. The van der Waals surface area contributed by atoms with Crippen molar-refractivity contribution in [3.8, 4) is 0 Å². The average Bonchev–Trinajstić information content (AvgIpc) is 3.20. The van der Waals surface area contributed by atoms with Crippen LogP contribution in [0, 0.1) is 6.92 Å². The van der Waals surface area contributed by atoms with Crippen molar-refractivity contribution in [1.82, 2.24) is 9.13 Å². The first-order valence-electron chi connectivity index (χ1n) is 8.72. The molecule has 1 aromatic carbocycles. The van der Waals surface area contributed by atoms with E-state index in [9.17, 15) is 14.4 Å². The Morgan fingerprint density at radius 3 is 2.50 bits per heavy atom. The van der Waals surface area contributed by atoms with Gasteiger partial charge in [-0.15, -0.1) is 0 Å². The molecule has 0 saturated carbocycles. The molecule has 0 fully saturated rings. The van der Waals surface area contributed by atoms with E-state index in [4.69, 9.17) is 4.42 Å². The van der Waals surface area contributed by atoms with E-state index in [0.717, 1.165) is 10.1 Å². The molecule has 1 amide bonds. The Morgan fingerprint density at radius 2 is 1.86 bits per heavy atom. The van der Waals surface area contributed by atoms with Gasteiger partial charge in [-0.2, -0.15) is 0 Å². The Balaban J connectivity index is 1.93. The minimum absolute atomic E-state index is 0.250. The van der Waals surface area contributed by atoms with Gasteiger partial charge in [0.25, 0.3) is 11.5 Å². The second-order valence-corrected chi connectivity index (χ2v) is 6.51. The van der Waals surface area contributed by atoms with E-state index in [1.165, 1.54) is 30.0 Å². The van der Waals surface area contributed by atoms with Crippen molar-refractivity contribution in [2.24, 2.45) is 14.1 Å². The number of rotatable bonds is 5. The quantitative estimate of drug-likeness (QED) is 0.637. The fourth-order valence-electron chi connectivity index (χ4n) is 2.78. The van der Waals surface area contributed by atoms with Crippen LogP contribution in [-0.2, 0) is 25.4 Å². The van der Waals surface area contributed by atoms with Crippen molar-refractivity contribution in [2.45, 2.75) is 13.5 Å². The highest BCUT2D eigenvalue weighted by Crippen LogP contribution is 2.19. The highest BCUT2D eigenvalue weighted by atomic mass is 16.3. The van der Waals surface area contributed by atoms with E-state index in [-0.39, 0.29) is 18.0 Å². The molecule has 0 unspecified atom stereocenters. The van der Waals surface area contributed by atoms with Crippen molar-refractivity contribution in [3.05, 3.63) is 92.7 Å². The first-order chi connectivity index (χ1) is 13.4. The molecule has 0 aliphatic rings. The molecule has 0 bridgehead atoms. The van der Waals surface area contributed by atoms with Crippen molar-refractivity contribution in [1.29, 1.82) is 0 Å². The number of amides is 1. The smallest absolute Gasteiger partial charge is 0.330 e. The average molecular weight is 379 g/mol. The maximum absolute atomic E-state index is 12.9. The minimum atomic E-state index is -0.458. The molecule has 3 aromatic rings. The largest absolute Gasteiger partial charge is 0.467 e. The Labute approximate surface area is 161 Å². The summed E-state index contributed by atoms with van der Waals surface area (Å²) in [5.41, 5.74) is 1.16. The van der Waals surface area contributed by atoms with Gasteiger partial charge in [-0.05, 0) is 37.3 Å². The minimum Gasteiger partial charge on any atom is -0.467 e. The van der Waals surface area contributed by atoms with Crippen LogP contribution in [0.5, 0.6) is 0 Å². The third kappa shape index (κ3) is 4.03. The van der Waals surface area contributed by atoms with Gasteiger partial charge in [-0.3, -0.25) is 14.2 Å². The Morgan fingerprint density at radius 1 is 1.14 bits per heavy atom. The molecule has 7 heteroatoms. The van der Waals surface area contributed by atoms with Gasteiger partial charge in [-0.25, -0.2) is 4.79 Å². The zero-order valence-electron chi connectivity index (χ0n) is 16.0. The van der Waals surface area contributed by atoms with Crippen molar-refractivity contribution < 1.29 is 9.21 Å². The van der Waals surface area contributed by atoms with Gasteiger partial charge in [0.05, 0.1) is 18.4 Å². The molecule has 144 valence electrons. The van der Waals surface area contributed by atoms with E-state index in [1.54, 1.807) is 30.3 Å². The van der Waals surface area contributed by atoms with Crippen molar-refractivity contribution in [3.63, 3.8) is 0 Å². The molecule has 2 aromatic heterocycles. The fourth-order valence-corrected chi connectivity index (χ4v) is 2.78. The second-order valence-electron chi connectivity index (χ2n) is 6.51. The van der Waals surface area contributed by atoms with Crippen LogP contribution in [-0.4, -0.2) is 15.0 Å². The van der Waals surface area contributed by atoms with Gasteiger partial charge in [0.1, 0.15) is 5.76 Å². The number of nitrogens with zero attached hydrogens (tertiary/aromatic N) is 3. The second kappa shape index (κ2) is 7.96. The Kier molecular flexibility index (Phi) is 5.44. The molecule has 0 saturated heterocycles. The summed E-state index contributed by atoms with van der Waals surface area (Å²) >= 11 is 0. The molecule has 2 heterocycles. The summed E-state index contributed by atoms with van der Waals surface area (Å²) < 4.78 is 7.68. The van der Waals surface area contributed by atoms with Gasteiger partial charge in [0.2, 0.25) is 0 Å². The molecule has 0 atom stereocenters. The van der Waals surface area contributed by atoms with Crippen LogP contribution in [0.15, 0.2) is 68.9 Å². The maximum Gasteiger partial charge on any atom is 0.330 e. The first kappa shape index (κ1) is 19.2. The zero-order valence-corrected chi connectivity index (χ0v) is 16.0. The van der Waals surface area contributed by atoms with E-state index in [1.807, 2.05) is 31.2 Å². The molecule has 28 heavy (non-hydrogen) atoms. The number of furan rings is 1. The predicted molar refractivity (Wildman–Crippen MR) is 107 cm³/mol. The first-order valence-corrected chi connectivity index (χ1v) is 8.72. The number of aryl methyl sites for hydroxylation is 2. The lowest BCUT2D eigenvalue weighted by Crippen LogP contribution is -2.37. The van der Waals surface area contributed by atoms with Crippen molar-refractivity contribution >= 4 is 17.7 Å². The van der Waals surface area contributed by atoms with Gasteiger partial charge >= 0.3 is 5.69 Å². The molecule has 0 N–H and O–H groups in total. The summed E-state index contributed by atoms with van der Waals surface area (Å²) in [5.74, 6) is 0.330. The molecule has 7 nitrogen and oxygen atoms in total. The zero-order chi connectivity index (χ0) is 20.3. The third-order valence-electron chi connectivity index (χ3n) is 4.38. The summed E-state index contributed by atoms with van der Waals surface area (Å²) in [5, 5.41) is 0. The lowest BCUT2D eigenvalue weighted by molar-refractivity contribution is -0.114. The van der Waals surface area contributed by atoms with Crippen LogP contribution in [0.3, 0.4) is 0 Å². The number of anilines is 1. The highest BCUT2D eigenvalue weighted by molar-refractivity contribution is 6.03. The number of carbonyl (C=O) groups excluding carboxylic acids is 1. The van der Waals surface area contributed by atoms with Crippen LogP contribution in [0.2, 0.25) is 0 Å². The van der Waals surface area contributed by atoms with Gasteiger partial charge in [0, 0.05) is 32.1 Å². The third-order valence-corrected chi connectivity index (χ3v) is 4.38. The summed E-state index contributed by atoms with van der Waals surface area (Å²) in [4.78, 5) is 38.5. The number of carbonyl (C=O) groups is 1. The fraction of sp³-hybridized carbons (Fsp3) is 0.190. The molecule has 0 spiro atoms. The summed E-state index contributed by atoms with van der Waals surface area (Å²) in [6.07, 6.45) is 5.71. The van der Waals surface area contributed by atoms with Crippen molar-refractivity contribution in [2.75, 3.05) is 4.90 Å². The number of aromatic nitrogens is 2. The van der Waals surface area contributed by atoms with E-state index in [2.05, 4.69) is 0 Å². The van der Waals surface area contributed by atoms with E-state index < -0.39 is 11.2 Å². The molecule has 0 aliphatic carbocycles. The van der Waals surface area contributed by atoms with Crippen LogP contribution >= 0.6 is 0 Å². The molecule has 0 radical (unpaired) electrons. The van der Waals surface area contributed by atoms with E-state index in [0.29, 0.717) is 11.4 Å². The number of hydrogen-bond acceptors (Lipinski definition) is 4. The normalized spacial score (nSPS) is 11.1. The Bertz CT molecular complexity index is 1120. The van der Waals surface area contributed by atoms with Crippen LogP contribution in [0.1, 0.15) is 16.9 Å². The molecule has 0 aliphatic heterocycles. The summed E-state index contributed by atoms with van der Waals surface area (Å²) in [6, 6.07) is 11.1. The summed E-state index contributed by atoms with van der Waals surface area (Å²) in [7, 11) is 2.95. The highest BCUT2D eigenvalue weighted by Gasteiger charge is 2.16. The predicted octanol–water partition coefficient (Wildman–Crippen LogP) is 2.23. The lowest BCUT2D eigenvalue weighted by Gasteiger charge is -2.20. The molecular weight excluding hydrogens is 358 g/mol. The maximum atomic E-state index is 12.9. The van der Waals surface area contributed by atoms with Gasteiger partial charge in [0.15, 0.2) is 0 Å². The Hall–Kier alpha value is -3.61. The number of benzene rings is 1. The summed E-state index contributed by atoms with van der Waals surface area (Å²) in [6.45, 7) is 2.22. The van der Waals surface area contributed by atoms with Crippen LogP contribution < -0.4 is 16.1 Å². The monoisotopic (exact) mass is 379 g/mol. The standard InChI is InChI=1S/C21H21N3O4/c1-15-6-9-17(10-7-15)24(14-18-5-4-12-28-18)19(25)11-8-16-13-22(2)21(27)23(3)20(16)26/h4-13H,14H2,1-3H3/b11-8+.